The maximum Gasteiger partial charge on any atom is 0.330 e. The zero-order chi connectivity index (χ0) is 29.2. The van der Waals surface area contributed by atoms with E-state index in [0.29, 0.717) is 0 Å². The summed E-state index contributed by atoms with van der Waals surface area (Å²) in [6.07, 6.45) is 3.17. The van der Waals surface area contributed by atoms with Gasteiger partial charge in [0, 0.05) is 35.9 Å². The van der Waals surface area contributed by atoms with E-state index in [2.05, 4.69) is 91.0 Å². The fourth-order valence-electron chi connectivity index (χ4n) is 4.87. The third kappa shape index (κ3) is 7.81. The lowest BCUT2D eigenvalue weighted by Crippen LogP contribution is -2.21. The lowest BCUT2D eigenvalue weighted by atomic mass is 10.0. The highest BCUT2D eigenvalue weighted by Crippen LogP contribution is 2.33. The van der Waals surface area contributed by atoms with Crippen molar-refractivity contribution in [1.82, 2.24) is 19.8 Å². The first-order valence-electron chi connectivity index (χ1n) is 14.6. The number of ether oxygens (including phenoxy) is 1. The summed E-state index contributed by atoms with van der Waals surface area (Å²) in [6.45, 7) is 14.8. The first kappa shape index (κ1) is 30.0. The molecule has 0 amide bonds. The van der Waals surface area contributed by atoms with Crippen molar-refractivity contribution in [2.24, 2.45) is 0 Å². The average molecular weight is 551 g/mol. The predicted molar refractivity (Wildman–Crippen MR) is 169 cm³/mol. The van der Waals surface area contributed by atoms with Gasteiger partial charge < -0.3 is 9.72 Å². The van der Waals surface area contributed by atoms with Gasteiger partial charge in [-0.2, -0.15) is 0 Å². The molecule has 0 saturated carbocycles. The molecule has 1 aromatic heterocycles. The zero-order valence-electron chi connectivity index (χ0n) is 25.0. The van der Waals surface area contributed by atoms with Crippen LogP contribution in [0.15, 0.2) is 78.9 Å². The Morgan fingerprint density at radius 2 is 1.22 bits per heavy atom. The fraction of sp³-hybridized carbons (Fsp3) is 0.314. The van der Waals surface area contributed by atoms with Gasteiger partial charge >= 0.3 is 5.97 Å². The highest BCUT2D eigenvalue weighted by atomic mass is 16.5. The van der Waals surface area contributed by atoms with E-state index in [4.69, 9.17) is 9.72 Å². The Bertz CT molecular complexity index is 1340. The quantitative estimate of drug-likeness (QED) is 0.140. The lowest BCUT2D eigenvalue weighted by Gasteiger charge is -2.18. The van der Waals surface area contributed by atoms with E-state index in [-0.39, 0.29) is 5.97 Å². The number of benzene rings is 3. The monoisotopic (exact) mass is 550 g/mol. The first-order chi connectivity index (χ1) is 20.0. The highest BCUT2D eigenvalue weighted by Gasteiger charge is 2.16. The van der Waals surface area contributed by atoms with Crippen LogP contribution in [0.5, 0.6) is 0 Å². The van der Waals surface area contributed by atoms with Gasteiger partial charge in [-0.3, -0.25) is 9.80 Å². The van der Waals surface area contributed by atoms with Crippen LogP contribution in [0.3, 0.4) is 0 Å². The number of imidazole rings is 1. The van der Waals surface area contributed by atoms with Gasteiger partial charge in [-0.25, -0.2) is 9.78 Å². The Kier molecular flexibility index (Phi) is 10.7. The van der Waals surface area contributed by atoms with Gasteiger partial charge in [-0.15, -0.1) is 0 Å². The van der Waals surface area contributed by atoms with Crippen molar-refractivity contribution in [1.29, 1.82) is 0 Å². The molecule has 0 radical (unpaired) electrons. The molecular weight excluding hydrogens is 508 g/mol. The number of hydrogen-bond acceptors (Lipinski definition) is 5. The summed E-state index contributed by atoms with van der Waals surface area (Å²) in [7, 11) is 1.37. The van der Waals surface area contributed by atoms with Gasteiger partial charge in [0.25, 0.3) is 0 Å². The van der Waals surface area contributed by atoms with Crippen molar-refractivity contribution in [2.75, 3.05) is 33.3 Å². The third-order valence-electron chi connectivity index (χ3n) is 7.57. The molecule has 1 heterocycles. The van der Waals surface area contributed by atoms with Crippen molar-refractivity contribution in [3.8, 4) is 33.9 Å². The minimum absolute atomic E-state index is 0.374. The Labute approximate surface area is 244 Å². The number of H-pyrrole nitrogens is 1. The van der Waals surface area contributed by atoms with Gasteiger partial charge in [-0.1, -0.05) is 100 Å². The number of nitrogens with zero attached hydrogens (tertiary/aromatic N) is 3. The van der Waals surface area contributed by atoms with Gasteiger partial charge in [0.15, 0.2) is 0 Å². The van der Waals surface area contributed by atoms with Crippen molar-refractivity contribution >= 4 is 12.0 Å². The Morgan fingerprint density at radius 3 is 1.71 bits per heavy atom. The van der Waals surface area contributed by atoms with Crippen molar-refractivity contribution in [3.63, 3.8) is 0 Å². The van der Waals surface area contributed by atoms with Crippen LogP contribution in [0.25, 0.3) is 40.0 Å². The van der Waals surface area contributed by atoms with E-state index in [9.17, 15) is 4.79 Å². The Balaban J connectivity index is 1.68. The van der Waals surface area contributed by atoms with Crippen LogP contribution >= 0.6 is 0 Å². The van der Waals surface area contributed by atoms with E-state index in [1.807, 2.05) is 24.3 Å². The van der Waals surface area contributed by atoms with E-state index in [1.165, 1.54) is 24.3 Å². The molecule has 3 aromatic carbocycles. The second-order valence-corrected chi connectivity index (χ2v) is 10.1. The molecule has 4 aromatic rings. The minimum Gasteiger partial charge on any atom is -0.466 e. The standard InChI is InChI=1S/C35H42N4O2/c1-6-38(7-2)24-27-12-17-29(18-13-27)33-34(30-19-14-28(15-20-30)25-39(8-3)9-4)37-35(36-33)31-21-10-26(11-22-31)16-23-32(40)41-5/h10-23H,6-9,24-25H2,1-5H3,(H,36,37)/b23-16+. The SMILES string of the molecule is CCN(CC)Cc1ccc(-c2nc(-c3ccc(/C=C/C(=O)OC)cc3)[nH]c2-c2ccc(CN(CC)CC)cc2)cc1. The molecule has 1 N–H and O–H groups in total. The summed E-state index contributed by atoms with van der Waals surface area (Å²) >= 11 is 0. The van der Waals surface area contributed by atoms with Crippen LogP contribution in [0.1, 0.15) is 44.4 Å². The van der Waals surface area contributed by atoms with Crippen LogP contribution < -0.4 is 0 Å². The zero-order valence-corrected chi connectivity index (χ0v) is 25.0. The summed E-state index contributed by atoms with van der Waals surface area (Å²) < 4.78 is 4.69. The van der Waals surface area contributed by atoms with Gasteiger partial charge in [0.1, 0.15) is 5.82 Å². The number of aromatic amines is 1. The van der Waals surface area contributed by atoms with Crippen LogP contribution in [-0.4, -0.2) is 59.0 Å². The molecular formula is C35H42N4O2. The second-order valence-electron chi connectivity index (χ2n) is 10.1. The molecule has 214 valence electrons. The molecule has 6 nitrogen and oxygen atoms in total. The first-order valence-corrected chi connectivity index (χ1v) is 14.6. The van der Waals surface area contributed by atoms with Gasteiger partial charge in [0.2, 0.25) is 0 Å². The van der Waals surface area contributed by atoms with Crippen molar-refractivity contribution in [3.05, 3.63) is 95.6 Å². The van der Waals surface area contributed by atoms with E-state index >= 15 is 0 Å². The third-order valence-corrected chi connectivity index (χ3v) is 7.57. The molecule has 41 heavy (non-hydrogen) atoms. The van der Waals surface area contributed by atoms with Gasteiger partial charge in [0.05, 0.1) is 18.5 Å². The second kappa shape index (κ2) is 14.6. The molecule has 0 spiro atoms. The molecule has 6 heteroatoms. The predicted octanol–water partition coefficient (Wildman–Crippen LogP) is 7.28. The van der Waals surface area contributed by atoms with E-state index in [0.717, 1.165) is 78.7 Å². The normalized spacial score (nSPS) is 11.6. The van der Waals surface area contributed by atoms with Crippen LogP contribution in [-0.2, 0) is 22.6 Å². The minimum atomic E-state index is -0.374. The van der Waals surface area contributed by atoms with Crippen LogP contribution in [0.4, 0.5) is 0 Å². The fourth-order valence-corrected chi connectivity index (χ4v) is 4.87. The van der Waals surface area contributed by atoms with E-state index < -0.39 is 0 Å². The van der Waals surface area contributed by atoms with Crippen molar-refractivity contribution in [2.45, 2.75) is 40.8 Å². The number of carbonyl (C=O) groups is 1. The molecule has 0 unspecified atom stereocenters. The number of rotatable bonds is 13. The van der Waals surface area contributed by atoms with Crippen LogP contribution in [0.2, 0.25) is 0 Å². The number of hydrogen-bond donors (Lipinski definition) is 1. The number of nitrogens with one attached hydrogen (secondary N) is 1. The summed E-state index contributed by atoms with van der Waals surface area (Å²) in [5.41, 5.74) is 8.60. The highest BCUT2D eigenvalue weighted by molar-refractivity contribution is 5.87. The Hall–Kier alpha value is -4.00. The number of methoxy groups -OCH3 is 1. The molecule has 0 fully saturated rings. The summed E-state index contributed by atoms with van der Waals surface area (Å²) in [6, 6.07) is 25.6. The molecule has 0 atom stereocenters. The molecule has 4 rings (SSSR count). The summed E-state index contributed by atoms with van der Waals surface area (Å²) in [4.78, 5) is 25.0. The van der Waals surface area contributed by atoms with Gasteiger partial charge in [-0.05, 0) is 48.9 Å². The number of esters is 1. The van der Waals surface area contributed by atoms with Crippen molar-refractivity contribution < 1.29 is 9.53 Å². The number of carbonyl (C=O) groups excluding carboxylic acids is 1. The molecule has 0 bridgehead atoms. The summed E-state index contributed by atoms with van der Waals surface area (Å²) in [5.74, 6) is 0.429. The molecule has 0 aliphatic rings. The molecule has 0 saturated heterocycles. The topological polar surface area (TPSA) is 61.5 Å². The van der Waals surface area contributed by atoms with Crippen LogP contribution in [0, 0.1) is 0 Å². The maximum absolute atomic E-state index is 11.5. The maximum atomic E-state index is 11.5. The summed E-state index contributed by atoms with van der Waals surface area (Å²) in [5, 5.41) is 0. The number of aromatic nitrogens is 2. The lowest BCUT2D eigenvalue weighted by molar-refractivity contribution is -0.134. The smallest absolute Gasteiger partial charge is 0.330 e. The van der Waals surface area contributed by atoms with E-state index in [1.54, 1.807) is 6.08 Å². The Morgan fingerprint density at radius 1 is 0.732 bits per heavy atom. The molecule has 0 aliphatic carbocycles. The molecule has 0 aliphatic heterocycles. The average Bonchev–Trinajstić information content (AvgIpc) is 3.47. The largest absolute Gasteiger partial charge is 0.466 e.